The molecule has 0 bridgehead atoms. The SMILES string of the molecule is COCC1CCCN(CC2NCC3CCCC32)C1. The Labute approximate surface area is 111 Å². The van der Waals surface area contributed by atoms with Crippen molar-refractivity contribution < 1.29 is 4.74 Å². The molecule has 0 aromatic heterocycles. The number of fused-ring (bicyclic) bond motifs is 1. The van der Waals surface area contributed by atoms with Crippen molar-refractivity contribution in [3.05, 3.63) is 0 Å². The summed E-state index contributed by atoms with van der Waals surface area (Å²) in [5.41, 5.74) is 0. The molecule has 0 aromatic rings. The largest absolute Gasteiger partial charge is 0.384 e. The molecule has 2 saturated heterocycles. The molecular formula is C15H28N2O. The maximum atomic E-state index is 5.33. The van der Waals surface area contributed by atoms with E-state index in [1.165, 1.54) is 58.3 Å². The van der Waals surface area contributed by atoms with Gasteiger partial charge in [-0.2, -0.15) is 0 Å². The first-order valence-corrected chi connectivity index (χ1v) is 7.81. The Morgan fingerprint density at radius 2 is 2.17 bits per heavy atom. The van der Waals surface area contributed by atoms with Gasteiger partial charge in [0.2, 0.25) is 0 Å². The number of rotatable bonds is 4. The molecule has 0 amide bonds. The lowest BCUT2D eigenvalue weighted by molar-refractivity contribution is 0.0837. The summed E-state index contributed by atoms with van der Waals surface area (Å²) in [6, 6.07) is 0.777. The predicted octanol–water partition coefficient (Wildman–Crippen LogP) is 1.73. The summed E-state index contributed by atoms with van der Waals surface area (Å²) < 4.78 is 5.33. The van der Waals surface area contributed by atoms with Gasteiger partial charge in [0.25, 0.3) is 0 Å². The lowest BCUT2D eigenvalue weighted by Gasteiger charge is -2.35. The molecule has 4 atom stereocenters. The average molecular weight is 252 g/mol. The van der Waals surface area contributed by atoms with Crippen LogP contribution in [0.1, 0.15) is 32.1 Å². The molecule has 3 fully saturated rings. The quantitative estimate of drug-likeness (QED) is 0.825. The van der Waals surface area contributed by atoms with Crippen molar-refractivity contribution in [2.45, 2.75) is 38.1 Å². The van der Waals surface area contributed by atoms with Gasteiger partial charge in [0.1, 0.15) is 0 Å². The molecule has 2 heterocycles. The van der Waals surface area contributed by atoms with Gasteiger partial charge in [0, 0.05) is 26.2 Å². The highest BCUT2D eigenvalue weighted by Gasteiger charge is 2.39. The molecule has 18 heavy (non-hydrogen) atoms. The zero-order valence-electron chi connectivity index (χ0n) is 11.7. The first-order valence-electron chi connectivity index (χ1n) is 7.81. The van der Waals surface area contributed by atoms with E-state index in [1.807, 2.05) is 7.11 Å². The second-order valence-electron chi connectivity index (χ2n) is 6.59. The van der Waals surface area contributed by atoms with Crippen LogP contribution in [0.3, 0.4) is 0 Å². The number of nitrogens with one attached hydrogen (secondary N) is 1. The first-order chi connectivity index (χ1) is 8.86. The minimum atomic E-state index is 0.768. The smallest absolute Gasteiger partial charge is 0.0502 e. The van der Waals surface area contributed by atoms with Gasteiger partial charge in [-0.25, -0.2) is 0 Å². The fraction of sp³-hybridized carbons (Fsp3) is 1.00. The number of hydrogen-bond acceptors (Lipinski definition) is 3. The zero-order valence-corrected chi connectivity index (χ0v) is 11.7. The Balaban J connectivity index is 1.50. The van der Waals surface area contributed by atoms with Crippen LogP contribution in [0.2, 0.25) is 0 Å². The fourth-order valence-electron chi connectivity index (χ4n) is 4.47. The Kier molecular flexibility index (Phi) is 4.22. The lowest BCUT2D eigenvalue weighted by Crippen LogP contribution is -2.45. The topological polar surface area (TPSA) is 24.5 Å². The van der Waals surface area contributed by atoms with Gasteiger partial charge in [-0.05, 0) is 56.5 Å². The monoisotopic (exact) mass is 252 g/mol. The van der Waals surface area contributed by atoms with Crippen molar-refractivity contribution in [3.8, 4) is 0 Å². The van der Waals surface area contributed by atoms with Gasteiger partial charge in [0.15, 0.2) is 0 Å². The van der Waals surface area contributed by atoms with E-state index in [1.54, 1.807) is 0 Å². The Morgan fingerprint density at radius 3 is 3.06 bits per heavy atom. The van der Waals surface area contributed by atoms with E-state index in [9.17, 15) is 0 Å². The van der Waals surface area contributed by atoms with Crippen LogP contribution in [-0.2, 0) is 4.74 Å². The van der Waals surface area contributed by atoms with Crippen LogP contribution in [0.4, 0.5) is 0 Å². The third kappa shape index (κ3) is 2.73. The zero-order chi connectivity index (χ0) is 12.4. The van der Waals surface area contributed by atoms with E-state index < -0.39 is 0 Å². The van der Waals surface area contributed by atoms with Gasteiger partial charge in [-0.1, -0.05) is 6.42 Å². The summed E-state index contributed by atoms with van der Waals surface area (Å²) in [4.78, 5) is 2.69. The van der Waals surface area contributed by atoms with E-state index >= 15 is 0 Å². The maximum Gasteiger partial charge on any atom is 0.0502 e. The van der Waals surface area contributed by atoms with Crippen LogP contribution in [0.25, 0.3) is 0 Å². The lowest BCUT2D eigenvalue weighted by atomic mass is 9.92. The minimum Gasteiger partial charge on any atom is -0.384 e. The van der Waals surface area contributed by atoms with Crippen LogP contribution in [0.15, 0.2) is 0 Å². The van der Waals surface area contributed by atoms with Crippen molar-refractivity contribution in [2.75, 3.05) is 39.9 Å². The number of likely N-dealkylation sites (tertiary alicyclic amines) is 1. The third-order valence-electron chi connectivity index (χ3n) is 5.34. The van der Waals surface area contributed by atoms with Crippen LogP contribution in [-0.4, -0.2) is 50.8 Å². The predicted molar refractivity (Wildman–Crippen MR) is 73.7 cm³/mol. The molecule has 2 aliphatic heterocycles. The molecule has 1 saturated carbocycles. The highest BCUT2D eigenvalue weighted by atomic mass is 16.5. The maximum absolute atomic E-state index is 5.33. The molecule has 0 radical (unpaired) electrons. The van der Waals surface area contributed by atoms with E-state index in [2.05, 4.69) is 10.2 Å². The Morgan fingerprint density at radius 1 is 1.22 bits per heavy atom. The minimum absolute atomic E-state index is 0.768. The average Bonchev–Trinajstić information content (AvgIpc) is 2.95. The number of hydrogen-bond donors (Lipinski definition) is 1. The van der Waals surface area contributed by atoms with Gasteiger partial charge < -0.3 is 15.0 Å². The molecule has 4 unspecified atom stereocenters. The number of methoxy groups -OCH3 is 1. The van der Waals surface area contributed by atoms with Crippen LogP contribution >= 0.6 is 0 Å². The van der Waals surface area contributed by atoms with Crippen LogP contribution in [0.5, 0.6) is 0 Å². The van der Waals surface area contributed by atoms with Crippen molar-refractivity contribution in [3.63, 3.8) is 0 Å². The number of ether oxygens (including phenoxy) is 1. The molecule has 3 nitrogen and oxygen atoms in total. The van der Waals surface area contributed by atoms with Gasteiger partial charge >= 0.3 is 0 Å². The summed E-state index contributed by atoms with van der Waals surface area (Å²) in [5.74, 6) is 2.74. The second-order valence-corrected chi connectivity index (χ2v) is 6.59. The molecule has 0 spiro atoms. The van der Waals surface area contributed by atoms with Crippen molar-refractivity contribution >= 4 is 0 Å². The molecule has 1 aliphatic carbocycles. The first kappa shape index (κ1) is 12.9. The van der Waals surface area contributed by atoms with Crippen LogP contribution in [0, 0.1) is 17.8 Å². The van der Waals surface area contributed by atoms with Gasteiger partial charge in [-0.15, -0.1) is 0 Å². The van der Waals surface area contributed by atoms with E-state index in [0.717, 1.165) is 30.4 Å². The fourth-order valence-corrected chi connectivity index (χ4v) is 4.47. The number of piperidine rings is 1. The van der Waals surface area contributed by atoms with Crippen molar-refractivity contribution in [1.82, 2.24) is 10.2 Å². The summed E-state index contributed by atoms with van der Waals surface area (Å²) in [6.07, 6.45) is 7.13. The highest BCUT2D eigenvalue weighted by Crippen LogP contribution is 2.38. The molecular weight excluding hydrogens is 224 g/mol. The molecule has 0 aromatic carbocycles. The second kappa shape index (κ2) is 5.89. The molecule has 3 rings (SSSR count). The standard InChI is InChI=1S/C15H28N2O/c1-18-11-12-4-3-7-17(9-12)10-15-14-6-2-5-13(14)8-16-15/h12-16H,2-11H2,1H3. The van der Waals surface area contributed by atoms with Gasteiger partial charge in [-0.3, -0.25) is 0 Å². The summed E-state index contributed by atoms with van der Waals surface area (Å²) in [7, 11) is 1.83. The van der Waals surface area contributed by atoms with E-state index in [-0.39, 0.29) is 0 Å². The molecule has 3 heteroatoms. The number of nitrogens with zero attached hydrogens (tertiary/aromatic N) is 1. The Hall–Kier alpha value is -0.120. The van der Waals surface area contributed by atoms with E-state index in [0.29, 0.717) is 0 Å². The van der Waals surface area contributed by atoms with E-state index in [4.69, 9.17) is 4.74 Å². The molecule has 1 N–H and O–H groups in total. The summed E-state index contributed by atoms with van der Waals surface area (Å²) in [6.45, 7) is 6.06. The van der Waals surface area contributed by atoms with Crippen LogP contribution < -0.4 is 5.32 Å². The van der Waals surface area contributed by atoms with Crippen molar-refractivity contribution in [1.29, 1.82) is 0 Å². The summed E-state index contributed by atoms with van der Waals surface area (Å²) >= 11 is 0. The third-order valence-corrected chi connectivity index (χ3v) is 5.34. The van der Waals surface area contributed by atoms with Gasteiger partial charge in [0.05, 0.1) is 6.61 Å². The highest BCUT2D eigenvalue weighted by molar-refractivity contribution is 4.95. The molecule has 3 aliphatic rings. The Bertz CT molecular complexity index is 269. The normalized spacial score (nSPS) is 41.2. The van der Waals surface area contributed by atoms with Crippen molar-refractivity contribution in [2.24, 2.45) is 17.8 Å². The summed E-state index contributed by atoms with van der Waals surface area (Å²) in [5, 5.41) is 3.78. The molecule has 104 valence electrons.